The minimum Gasteiger partial charge on any atom is -0.491 e. The summed E-state index contributed by atoms with van der Waals surface area (Å²) in [5, 5.41) is 0. The largest absolute Gasteiger partial charge is 0.491 e. The Morgan fingerprint density at radius 2 is 1.65 bits per heavy atom. The van der Waals surface area contributed by atoms with Crippen LogP contribution >= 0.6 is 0 Å². The molecule has 1 saturated heterocycles. The molecule has 2 amide bonds. The lowest BCUT2D eigenvalue weighted by Gasteiger charge is -2.40. The van der Waals surface area contributed by atoms with Crippen LogP contribution in [0.25, 0.3) is 0 Å². The van der Waals surface area contributed by atoms with Crippen molar-refractivity contribution in [1.82, 2.24) is 9.88 Å². The number of hydrogen-bond donors (Lipinski definition) is 0. The Hall–Kier alpha value is -3.67. The molecule has 0 radical (unpaired) electrons. The number of amides is 2. The molecule has 4 rings (SSSR count). The van der Waals surface area contributed by atoms with Crippen molar-refractivity contribution >= 4 is 17.5 Å². The number of hydrogen-bond acceptors (Lipinski definition) is 4. The molecule has 1 aromatic heterocycles. The van der Waals surface area contributed by atoms with Gasteiger partial charge in [-0.1, -0.05) is 30.3 Å². The van der Waals surface area contributed by atoms with Crippen molar-refractivity contribution in [2.75, 3.05) is 11.4 Å². The van der Waals surface area contributed by atoms with E-state index in [9.17, 15) is 9.59 Å². The summed E-state index contributed by atoms with van der Waals surface area (Å²) in [5.41, 5.74) is 2.40. The minimum absolute atomic E-state index is 0.0129. The zero-order valence-electron chi connectivity index (χ0n) is 17.6. The normalized spacial score (nSPS) is 16.7. The SMILES string of the molecule is CC(C)Oc1ccc(CN2C(=O)CN(c3ccccc3)C(=O)C2c2ccncc2)cc1. The summed E-state index contributed by atoms with van der Waals surface area (Å²) in [6, 6.07) is 19.8. The summed E-state index contributed by atoms with van der Waals surface area (Å²) < 4.78 is 5.70. The highest BCUT2D eigenvalue weighted by molar-refractivity contribution is 6.06. The lowest BCUT2D eigenvalue weighted by molar-refractivity contribution is -0.144. The number of ether oxygens (including phenoxy) is 1. The smallest absolute Gasteiger partial charge is 0.254 e. The van der Waals surface area contributed by atoms with Crippen LogP contribution in [-0.2, 0) is 16.1 Å². The van der Waals surface area contributed by atoms with Gasteiger partial charge in [0.05, 0.1) is 6.10 Å². The van der Waals surface area contributed by atoms with Crippen LogP contribution in [0.4, 0.5) is 5.69 Å². The van der Waals surface area contributed by atoms with Crippen molar-refractivity contribution in [3.63, 3.8) is 0 Å². The highest BCUT2D eigenvalue weighted by Gasteiger charge is 2.40. The number of benzene rings is 2. The molecule has 1 aliphatic rings. The second-order valence-electron chi connectivity index (χ2n) is 7.78. The number of carbonyl (C=O) groups is 2. The second-order valence-corrected chi connectivity index (χ2v) is 7.78. The maximum atomic E-state index is 13.5. The molecular weight excluding hydrogens is 390 g/mol. The Morgan fingerprint density at radius 3 is 2.29 bits per heavy atom. The molecule has 1 aliphatic heterocycles. The summed E-state index contributed by atoms with van der Waals surface area (Å²) in [5.74, 6) is 0.547. The van der Waals surface area contributed by atoms with Crippen molar-refractivity contribution < 1.29 is 14.3 Å². The molecule has 0 bridgehead atoms. The summed E-state index contributed by atoms with van der Waals surface area (Å²) in [4.78, 5) is 34.0. The van der Waals surface area contributed by atoms with E-state index < -0.39 is 6.04 Å². The Kier molecular flexibility index (Phi) is 5.98. The zero-order valence-corrected chi connectivity index (χ0v) is 17.6. The Morgan fingerprint density at radius 1 is 0.968 bits per heavy atom. The number of rotatable bonds is 6. The molecule has 1 fully saturated rings. The average molecular weight is 415 g/mol. The number of aromatic nitrogens is 1. The molecule has 31 heavy (non-hydrogen) atoms. The Balaban J connectivity index is 1.64. The molecule has 2 aromatic carbocycles. The number of nitrogens with zero attached hydrogens (tertiary/aromatic N) is 3. The van der Waals surface area contributed by atoms with Gasteiger partial charge in [-0.05, 0) is 61.4 Å². The summed E-state index contributed by atoms with van der Waals surface area (Å²) >= 11 is 0. The molecule has 0 spiro atoms. The number of carbonyl (C=O) groups excluding carboxylic acids is 2. The molecule has 0 saturated carbocycles. The highest BCUT2D eigenvalue weighted by Crippen LogP contribution is 2.31. The topological polar surface area (TPSA) is 62.7 Å². The van der Waals surface area contributed by atoms with Crippen LogP contribution in [0.2, 0.25) is 0 Å². The fraction of sp³-hybridized carbons (Fsp3) is 0.240. The predicted molar refractivity (Wildman–Crippen MR) is 119 cm³/mol. The number of para-hydroxylation sites is 1. The molecule has 158 valence electrons. The molecule has 0 aliphatic carbocycles. The summed E-state index contributed by atoms with van der Waals surface area (Å²) in [7, 11) is 0. The second kappa shape index (κ2) is 9.00. The fourth-order valence-corrected chi connectivity index (χ4v) is 3.75. The van der Waals surface area contributed by atoms with Gasteiger partial charge in [-0.2, -0.15) is 0 Å². The van der Waals surface area contributed by atoms with Gasteiger partial charge >= 0.3 is 0 Å². The maximum absolute atomic E-state index is 13.5. The first-order valence-corrected chi connectivity index (χ1v) is 10.3. The lowest BCUT2D eigenvalue weighted by atomic mass is 10.0. The van der Waals surface area contributed by atoms with Crippen LogP contribution < -0.4 is 9.64 Å². The predicted octanol–water partition coefficient (Wildman–Crippen LogP) is 3.99. The van der Waals surface area contributed by atoms with Crippen molar-refractivity contribution in [2.45, 2.75) is 32.5 Å². The lowest BCUT2D eigenvalue weighted by Crippen LogP contribution is -2.55. The third-order valence-electron chi connectivity index (χ3n) is 5.16. The first-order chi connectivity index (χ1) is 15.0. The standard InChI is InChI=1S/C25H25N3O3/c1-18(2)31-22-10-8-19(9-11-22)16-28-23(29)17-27(21-6-4-3-5-7-21)25(30)24(28)20-12-14-26-15-13-20/h3-15,18,24H,16-17H2,1-2H3. The first-order valence-electron chi connectivity index (χ1n) is 10.3. The van der Waals surface area contributed by atoms with E-state index in [1.165, 1.54) is 0 Å². The number of anilines is 1. The van der Waals surface area contributed by atoms with Crippen LogP contribution in [0, 0.1) is 0 Å². The average Bonchev–Trinajstić information content (AvgIpc) is 2.78. The summed E-state index contributed by atoms with van der Waals surface area (Å²) in [6.45, 7) is 4.30. The van der Waals surface area contributed by atoms with E-state index in [1.807, 2.05) is 68.4 Å². The van der Waals surface area contributed by atoms with Crippen LogP contribution in [0.15, 0.2) is 79.1 Å². The van der Waals surface area contributed by atoms with Gasteiger partial charge in [0, 0.05) is 24.6 Å². The van der Waals surface area contributed by atoms with Gasteiger partial charge in [0.1, 0.15) is 18.3 Å². The molecule has 1 unspecified atom stereocenters. The van der Waals surface area contributed by atoms with Crippen LogP contribution in [0.5, 0.6) is 5.75 Å². The van der Waals surface area contributed by atoms with E-state index in [-0.39, 0.29) is 24.5 Å². The number of piperazine rings is 1. The van der Waals surface area contributed by atoms with Gasteiger partial charge in [0.2, 0.25) is 5.91 Å². The van der Waals surface area contributed by atoms with E-state index >= 15 is 0 Å². The van der Waals surface area contributed by atoms with E-state index in [0.29, 0.717) is 6.54 Å². The third kappa shape index (κ3) is 4.58. The Bertz CT molecular complexity index is 1040. The molecule has 2 heterocycles. The molecular formula is C25H25N3O3. The van der Waals surface area contributed by atoms with E-state index in [0.717, 1.165) is 22.6 Å². The molecule has 6 nitrogen and oxygen atoms in total. The van der Waals surface area contributed by atoms with Gasteiger partial charge in [0.25, 0.3) is 5.91 Å². The van der Waals surface area contributed by atoms with Gasteiger partial charge in [-0.15, -0.1) is 0 Å². The minimum atomic E-state index is -0.712. The van der Waals surface area contributed by atoms with Crippen LogP contribution in [0.3, 0.4) is 0 Å². The fourth-order valence-electron chi connectivity index (χ4n) is 3.75. The van der Waals surface area contributed by atoms with Crippen LogP contribution in [0.1, 0.15) is 31.0 Å². The molecule has 3 aromatic rings. The van der Waals surface area contributed by atoms with Crippen LogP contribution in [-0.4, -0.2) is 34.3 Å². The third-order valence-corrected chi connectivity index (χ3v) is 5.16. The summed E-state index contributed by atoms with van der Waals surface area (Å²) in [6.07, 6.45) is 3.38. The van der Waals surface area contributed by atoms with Crippen molar-refractivity contribution in [3.05, 3.63) is 90.3 Å². The maximum Gasteiger partial charge on any atom is 0.254 e. The van der Waals surface area contributed by atoms with Gasteiger partial charge in [-0.25, -0.2) is 0 Å². The quantitative estimate of drug-likeness (QED) is 0.611. The van der Waals surface area contributed by atoms with Crippen molar-refractivity contribution in [2.24, 2.45) is 0 Å². The number of pyridine rings is 1. The van der Waals surface area contributed by atoms with E-state index in [4.69, 9.17) is 4.74 Å². The first kappa shape index (κ1) is 20.6. The van der Waals surface area contributed by atoms with Crippen molar-refractivity contribution in [1.29, 1.82) is 0 Å². The highest BCUT2D eigenvalue weighted by atomic mass is 16.5. The molecule has 1 atom stereocenters. The van der Waals surface area contributed by atoms with Crippen molar-refractivity contribution in [3.8, 4) is 5.75 Å². The Labute approximate surface area is 182 Å². The van der Waals surface area contributed by atoms with Gasteiger partial charge in [0.15, 0.2) is 0 Å². The monoisotopic (exact) mass is 415 g/mol. The molecule has 6 heteroatoms. The zero-order chi connectivity index (χ0) is 21.8. The van der Waals surface area contributed by atoms with Gasteiger partial charge in [-0.3, -0.25) is 14.6 Å². The van der Waals surface area contributed by atoms with E-state index in [1.54, 1.807) is 34.3 Å². The van der Waals surface area contributed by atoms with E-state index in [2.05, 4.69) is 4.98 Å². The molecule has 0 N–H and O–H groups in total. The van der Waals surface area contributed by atoms with Gasteiger partial charge < -0.3 is 14.5 Å².